The second kappa shape index (κ2) is 11.5. The molecule has 9 heteroatoms. The average Bonchev–Trinajstić information content (AvgIpc) is 3.49. The number of carbonyl (C=O) groups excluding carboxylic acids is 3. The molecule has 0 spiro atoms. The van der Waals surface area contributed by atoms with Crippen LogP contribution in [0.25, 0.3) is 0 Å². The Kier molecular flexibility index (Phi) is 8.02. The Balaban J connectivity index is 1.26. The lowest BCUT2D eigenvalue weighted by Crippen LogP contribution is -2.50. The van der Waals surface area contributed by atoms with Crippen molar-refractivity contribution in [3.05, 3.63) is 89.5 Å². The van der Waals surface area contributed by atoms with E-state index in [1.165, 1.54) is 5.56 Å². The second-order valence-electron chi connectivity index (χ2n) is 8.40. The first-order chi connectivity index (χ1) is 17.0. The number of aromatic amines is 1. The molecule has 2 amide bonds. The number of carbonyl (C=O) groups is 3. The van der Waals surface area contributed by atoms with E-state index in [-0.39, 0.29) is 18.9 Å². The molecule has 2 unspecified atom stereocenters. The molecular weight excluding hydrogens is 448 g/mol. The summed E-state index contributed by atoms with van der Waals surface area (Å²) >= 11 is 0. The number of imidazole rings is 1. The number of esters is 1. The lowest BCUT2D eigenvalue weighted by atomic mass is 10.1. The summed E-state index contributed by atoms with van der Waals surface area (Å²) in [6, 6.07) is 18.2. The van der Waals surface area contributed by atoms with Crippen molar-refractivity contribution in [3.8, 4) is 0 Å². The van der Waals surface area contributed by atoms with Crippen LogP contribution in [0, 0.1) is 0 Å². The Morgan fingerprint density at radius 3 is 2.49 bits per heavy atom. The minimum Gasteiger partial charge on any atom is -0.434 e. The Labute approximate surface area is 203 Å². The van der Waals surface area contributed by atoms with Gasteiger partial charge in [0.05, 0.1) is 30.8 Å². The van der Waals surface area contributed by atoms with Crippen molar-refractivity contribution >= 4 is 17.8 Å². The SMILES string of the molecule is C[C@H](NC1CC(=O)OC1OCc1ccccc1)C(=O)NC(=O)c1nc(CCc2ccccc2)c[nH]1. The first-order valence-corrected chi connectivity index (χ1v) is 11.5. The molecule has 1 saturated heterocycles. The van der Waals surface area contributed by atoms with Crippen molar-refractivity contribution in [2.24, 2.45) is 0 Å². The zero-order valence-electron chi connectivity index (χ0n) is 19.4. The summed E-state index contributed by atoms with van der Waals surface area (Å²) in [5.41, 5.74) is 2.85. The number of benzene rings is 2. The van der Waals surface area contributed by atoms with E-state index in [1.807, 2.05) is 60.7 Å². The minimum absolute atomic E-state index is 0.0635. The van der Waals surface area contributed by atoms with Crippen molar-refractivity contribution in [1.82, 2.24) is 20.6 Å². The number of rotatable bonds is 10. The van der Waals surface area contributed by atoms with Crippen molar-refractivity contribution in [2.75, 3.05) is 0 Å². The number of amides is 2. The van der Waals surface area contributed by atoms with Crippen LogP contribution in [0.3, 0.4) is 0 Å². The van der Waals surface area contributed by atoms with E-state index in [9.17, 15) is 14.4 Å². The van der Waals surface area contributed by atoms with E-state index < -0.39 is 36.2 Å². The molecule has 4 rings (SSSR count). The van der Waals surface area contributed by atoms with Crippen molar-refractivity contribution in [2.45, 2.75) is 51.2 Å². The number of H-pyrrole nitrogens is 1. The molecule has 9 nitrogen and oxygen atoms in total. The van der Waals surface area contributed by atoms with E-state index >= 15 is 0 Å². The van der Waals surface area contributed by atoms with Gasteiger partial charge in [0, 0.05) is 6.20 Å². The van der Waals surface area contributed by atoms with Gasteiger partial charge in [-0.25, -0.2) is 4.98 Å². The molecule has 1 aromatic heterocycles. The topological polar surface area (TPSA) is 122 Å². The van der Waals surface area contributed by atoms with Gasteiger partial charge in [-0.3, -0.25) is 25.0 Å². The third-order valence-corrected chi connectivity index (χ3v) is 5.67. The number of ether oxygens (including phenoxy) is 2. The molecule has 0 saturated carbocycles. The summed E-state index contributed by atoms with van der Waals surface area (Å²) < 4.78 is 11.0. The first kappa shape index (κ1) is 24.3. The summed E-state index contributed by atoms with van der Waals surface area (Å²) in [6.45, 7) is 1.87. The van der Waals surface area contributed by atoms with Crippen LogP contribution in [-0.2, 0) is 38.5 Å². The highest BCUT2D eigenvalue weighted by Gasteiger charge is 2.37. The lowest BCUT2D eigenvalue weighted by Gasteiger charge is -2.22. The fraction of sp³-hybridized carbons (Fsp3) is 0.308. The maximum Gasteiger partial charge on any atom is 0.309 e. The van der Waals surface area contributed by atoms with Gasteiger partial charge in [0.25, 0.3) is 5.91 Å². The van der Waals surface area contributed by atoms with Crippen molar-refractivity contribution in [1.29, 1.82) is 0 Å². The smallest absolute Gasteiger partial charge is 0.309 e. The molecule has 3 atom stereocenters. The van der Waals surface area contributed by atoms with Crippen LogP contribution >= 0.6 is 0 Å². The van der Waals surface area contributed by atoms with Gasteiger partial charge in [-0.1, -0.05) is 60.7 Å². The van der Waals surface area contributed by atoms with Gasteiger partial charge in [0.1, 0.15) is 0 Å². The van der Waals surface area contributed by atoms with Gasteiger partial charge < -0.3 is 14.5 Å². The molecule has 3 N–H and O–H groups in total. The van der Waals surface area contributed by atoms with Gasteiger partial charge in [0.15, 0.2) is 5.82 Å². The monoisotopic (exact) mass is 476 g/mol. The largest absolute Gasteiger partial charge is 0.434 e. The molecule has 0 aliphatic carbocycles. The third kappa shape index (κ3) is 6.84. The van der Waals surface area contributed by atoms with Crippen LogP contribution in [0.5, 0.6) is 0 Å². The molecule has 0 radical (unpaired) electrons. The highest BCUT2D eigenvalue weighted by Crippen LogP contribution is 2.19. The first-order valence-electron chi connectivity index (χ1n) is 11.5. The zero-order chi connectivity index (χ0) is 24.6. The summed E-state index contributed by atoms with van der Waals surface area (Å²) in [5, 5.41) is 5.37. The summed E-state index contributed by atoms with van der Waals surface area (Å²) in [6.07, 6.45) is 2.36. The summed E-state index contributed by atoms with van der Waals surface area (Å²) in [5.74, 6) is -1.51. The highest BCUT2D eigenvalue weighted by molar-refractivity contribution is 6.04. The number of nitrogens with zero attached hydrogens (tertiary/aromatic N) is 1. The number of imide groups is 1. The van der Waals surface area contributed by atoms with Crippen LogP contribution in [0.1, 0.15) is 40.8 Å². The quantitative estimate of drug-likeness (QED) is 0.384. The number of cyclic esters (lactones) is 1. The van der Waals surface area contributed by atoms with Gasteiger partial charge in [0.2, 0.25) is 12.2 Å². The molecule has 1 fully saturated rings. The number of hydrogen-bond donors (Lipinski definition) is 3. The van der Waals surface area contributed by atoms with Gasteiger partial charge in [-0.15, -0.1) is 0 Å². The Hall–Kier alpha value is -3.82. The van der Waals surface area contributed by atoms with Crippen LogP contribution < -0.4 is 10.6 Å². The fourth-order valence-electron chi connectivity index (χ4n) is 3.77. The highest BCUT2D eigenvalue weighted by atomic mass is 16.7. The van der Waals surface area contributed by atoms with E-state index in [2.05, 4.69) is 20.6 Å². The zero-order valence-corrected chi connectivity index (χ0v) is 19.4. The third-order valence-electron chi connectivity index (χ3n) is 5.67. The Bertz CT molecular complexity index is 1150. The standard InChI is InChI=1S/C26H28N4O5/c1-17(28-21-14-22(31)35-26(21)34-16-19-10-6-3-7-11-19)24(32)30-25(33)23-27-15-20(29-23)13-12-18-8-4-2-5-9-18/h2-11,15,17,21,26,28H,12-14,16H2,1H3,(H,27,29)(H,30,32,33)/t17-,21?,26?/m0/s1. The molecule has 1 aliphatic heterocycles. The number of aromatic nitrogens is 2. The fourth-order valence-corrected chi connectivity index (χ4v) is 3.77. The molecule has 0 bridgehead atoms. The maximum atomic E-state index is 12.6. The molecule has 2 heterocycles. The van der Waals surface area contributed by atoms with Crippen LogP contribution in [0.2, 0.25) is 0 Å². The van der Waals surface area contributed by atoms with E-state index in [0.717, 1.165) is 17.7 Å². The number of nitrogens with one attached hydrogen (secondary N) is 3. The summed E-state index contributed by atoms with van der Waals surface area (Å²) in [4.78, 5) is 44.0. The number of aryl methyl sites for hydroxylation is 2. The Morgan fingerprint density at radius 1 is 1.09 bits per heavy atom. The van der Waals surface area contributed by atoms with E-state index in [4.69, 9.17) is 9.47 Å². The van der Waals surface area contributed by atoms with Crippen LogP contribution in [0.15, 0.2) is 66.9 Å². The molecule has 182 valence electrons. The number of hydrogen-bond acceptors (Lipinski definition) is 7. The minimum atomic E-state index is -0.828. The van der Waals surface area contributed by atoms with Crippen molar-refractivity contribution in [3.63, 3.8) is 0 Å². The average molecular weight is 477 g/mol. The van der Waals surface area contributed by atoms with Gasteiger partial charge in [-0.2, -0.15) is 0 Å². The lowest BCUT2D eigenvalue weighted by molar-refractivity contribution is -0.167. The van der Waals surface area contributed by atoms with E-state index in [1.54, 1.807) is 13.1 Å². The molecule has 2 aromatic carbocycles. The molecular formula is C26H28N4O5. The molecule has 1 aliphatic rings. The van der Waals surface area contributed by atoms with Crippen LogP contribution in [-0.4, -0.2) is 46.1 Å². The maximum absolute atomic E-state index is 12.6. The molecule has 3 aromatic rings. The van der Waals surface area contributed by atoms with Gasteiger partial charge >= 0.3 is 5.97 Å². The van der Waals surface area contributed by atoms with Crippen molar-refractivity contribution < 1.29 is 23.9 Å². The second-order valence-corrected chi connectivity index (χ2v) is 8.40. The van der Waals surface area contributed by atoms with E-state index in [0.29, 0.717) is 6.42 Å². The Morgan fingerprint density at radius 2 is 1.77 bits per heavy atom. The van der Waals surface area contributed by atoms with Gasteiger partial charge in [-0.05, 0) is 30.9 Å². The normalized spacial score (nSPS) is 18.1. The van der Waals surface area contributed by atoms with Crippen LogP contribution in [0.4, 0.5) is 0 Å². The predicted molar refractivity (Wildman–Crippen MR) is 127 cm³/mol. The predicted octanol–water partition coefficient (Wildman–Crippen LogP) is 2.29. The summed E-state index contributed by atoms with van der Waals surface area (Å²) in [7, 11) is 0. The molecule has 35 heavy (non-hydrogen) atoms.